The number of benzene rings is 1. The molecule has 110 valence electrons. The van der Waals surface area contributed by atoms with E-state index in [1.165, 1.54) is 0 Å². The molecule has 5 nitrogen and oxygen atoms in total. The van der Waals surface area contributed by atoms with Crippen molar-refractivity contribution in [3.8, 4) is 17.2 Å². The Labute approximate surface area is 130 Å². The lowest BCUT2D eigenvalue weighted by molar-refractivity contribution is 0.168. The van der Waals surface area contributed by atoms with E-state index in [1.54, 1.807) is 31.6 Å². The maximum absolute atomic E-state index is 10.5. The van der Waals surface area contributed by atoms with Crippen LogP contribution in [0.15, 0.2) is 35.1 Å². The second-order valence-electron chi connectivity index (χ2n) is 4.59. The number of aromatic nitrogens is 1. The first-order valence-electron chi connectivity index (χ1n) is 6.45. The van der Waals surface area contributed by atoms with Crippen LogP contribution >= 0.6 is 15.9 Å². The molecule has 0 saturated heterocycles. The van der Waals surface area contributed by atoms with E-state index in [4.69, 9.17) is 14.2 Å². The van der Waals surface area contributed by atoms with Gasteiger partial charge in [0.05, 0.1) is 17.8 Å². The molecule has 1 N–H and O–H groups in total. The topological polar surface area (TPSA) is 60.8 Å². The molecule has 0 saturated carbocycles. The van der Waals surface area contributed by atoms with Gasteiger partial charge in [0.15, 0.2) is 11.5 Å². The summed E-state index contributed by atoms with van der Waals surface area (Å²) in [6, 6.07) is 5.35. The molecule has 2 heterocycles. The van der Waals surface area contributed by atoms with Crippen LogP contribution in [0.5, 0.6) is 17.2 Å². The Bertz CT molecular complexity index is 662. The fourth-order valence-electron chi connectivity index (χ4n) is 2.18. The molecule has 0 radical (unpaired) electrons. The Kier molecular flexibility index (Phi) is 3.98. The number of methoxy groups -OCH3 is 1. The minimum atomic E-state index is -0.820. The third kappa shape index (κ3) is 2.82. The Morgan fingerprint density at radius 2 is 2.00 bits per heavy atom. The van der Waals surface area contributed by atoms with Gasteiger partial charge in [-0.1, -0.05) is 0 Å². The molecule has 0 aliphatic carbocycles. The van der Waals surface area contributed by atoms with Gasteiger partial charge in [-0.2, -0.15) is 0 Å². The molecule has 3 rings (SSSR count). The number of rotatable bonds is 3. The van der Waals surface area contributed by atoms with Crippen molar-refractivity contribution in [3.05, 3.63) is 46.2 Å². The van der Waals surface area contributed by atoms with Crippen LogP contribution in [0, 0.1) is 0 Å². The van der Waals surface area contributed by atoms with Crippen LogP contribution in [0.4, 0.5) is 0 Å². The summed E-state index contributed by atoms with van der Waals surface area (Å²) in [4.78, 5) is 4.06. The van der Waals surface area contributed by atoms with Crippen molar-refractivity contribution in [3.63, 3.8) is 0 Å². The van der Waals surface area contributed by atoms with Crippen molar-refractivity contribution in [1.29, 1.82) is 0 Å². The number of halogens is 1. The minimum Gasteiger partial charge on any atom is -0.495 e. The highest BCUT2D eigenvalue weighted by Crippen LogP contribution is 2.40. The molecule has 21 heavy (non-hydrogen) atoms. The molecule has 0 fully saturated rings. The molecule has 1 aromatic heterocycles. The Morgan fingerprint density at radius 3 is 2.81 bits per heavy atom. The van der Waals surface area contributed by atoms with E-state index in [0.29, 0.717) is 41.6 Å². The van der Waals surface area contributed by atoms with Crippen molar-refractivity contribution in [2.75, 3.05) is 20.3 Å². The summed E-state index contributed by atoms with van der Waals surface area (Å²) >= 11 is 3.45. The van der Waals surface area contributed by atoms with E-state index in [-0.39, 0.29) is 0 Å². The Hall–Kier alpha value is -1.79. The van der Waals surface area contributed by atoms with Crippen LogP contribution < -0.4 is 14.2 Å². The van der Waals surface area contributed by atoms with E-state index >= 15 is 0 Å². The van der Waals surface area contributed by atoms with Crippen molar-refractivity contribution >= 4 is 15.9 Å². The highest BCUT2D eigenvalue weighted by molar-refractivity contribution is 9.10. The lowest BCUT2D eigenvalue weighted by Gasteiger charge is -2.22. The molecule has 1 unspecified atom stereocenters. The summed E-state index contributed by atoms with van der Waals surface area (Å²) in [6.45, 7) is 1.02. The molecular weight excluding hydrogens is 338 g/mol. The zero-order valence-corrected chi connectivity index (χ0v) is 13.0. The van der Waals surface area contributed by atoms with Crippen molar-refractivity contribution in [1.82, 2.24) is 4.98 Å². The SMILES string of the molecule is COc1cncc(C(O)c2cc(Br)c3c(c2)OCCO3)c1. The first-order chi connectivity index (χ1) is 10.2. The molecular formula is C15H14BrNO4. The van der Waals surface area contributed by atoms with Gasteiger partial charge in [0.2, 0.25) is 0 Å². The number of pyridine rings is 1. The number of hydrogen-bond acceptors (Lipinski definition) is 5. The number of aliphatic hydroxyl groups is 1. The van der Waals surface area contributed by atoms with Crippen LogP contribution in [0.25, 0.3) is 0 Å². The van der Waals surface area contributed by atoms with Gasteiger partial charge in [0.1, 0.15) is 25.1 Å². The van der Waals surface area contributed by atoms with Crippen LogP contribution in [0.3, 0.4) is 0 Å². The molecule has 1 aliphatic heterocycles. The van der Waals surface area contributed by atoms with Gasteiger partial charge in [0, 0.05) is 11.8 Å². The van der Waals surface area contributed by atoms with Crippen molar-refractivity contribution in [2.24, 2.45) is 0 Å². The summed E-state index contributed by atoms with van der Waals surface area (Å²) in [5.41, 5.74) is 1.35. The van der Waals surface area contributed by atoms with E-state index in [1.807, 2.05) is 6.07 Å². The predicted octanol–water partition coefficient (Wildman–Crippen LogP) is 2.71. The quantitative estimate of drug-likeness (QED) is 0.921. The van der Waals surface area contributed by atoms with Gasteiger partial charge in [-0.25, -0.2) is 0 Å². The number of ether oxygens (including phenoxy) is 3. The number of aliphatic hydroxyl groups excluding tert-OH is 1. The van der Waals surface area contributed by atoms with Crippen molar-refractivity contribution in [2.45, 2.75) is 6.10 Å². The maximum atomic E-state index is 10.5. The van der Waals surface area contributed by atoms with Gasteiger partial charge in [-0.05, 0) is 39.7 Å². The third-order valence-corrected chi connectivity index (χ3v) is 3.81. The number of hydrogen-bond donors (Lipinski definition) is 1. The minimum absolute atomic E-state index is 0.500. The van der Waals surface area contributed by atoms with Gasteiger partial charge in [-0.15, -0.1) is 0 Å². The zero-order chi connectivity index (χ0) is 14.8. The van der Waals surface area contributed by atoms with Gasteiger partial charge in [-0.3, -0.25) is 4.98 Å². The molecule has 6 heteroatoms. The maximum Gasteiger partial charge on any atom is 0.175 e. The molecule has 1 atom stereocenters. The van der Waals surface area contributed by atoms with E-state index in [9.17, 15) is 5.11 Å². The summed E-state index contributed by atoms with van der Waals surface area (Å²) in [5, 5.41) is 10.5. The summed E-state index contributed by atoms with van der Waals surface area (Å²) < 4.78 is 17.0. The standard InChI is InChI=1S/C15H14BrNO4/c1-19-11-4-10(7-17-8-11)14(18)9-5-12(16)15-13(6-9)20-2-3-21-15/h4-8,14,18H,2-3H2,1H3. The fraction of sp³-hybridized carbons (Fsp3) is 0.267. The van der Waals surface area contributed by atoms with Crippen LogP contribution in [-0.2, 0) is 0 Å². The Morgan fingerprint density at radius 1 is 1.19 bits per heavy atom. The number of nitrogens with zero attached hydrogens (tertiary/aromatic N) is 1. The summed E-state index contributed by atoms with van der Waals surface area (Å²) in [5.74, 6) is 1.89. The lowest BCUT2D eigenvalue weighted by atomic mass is 10.0. The monoisotopic (exact) mass is 351 g/mol. The number of fused-ring (bicyclic) bond motifs is 1. The fourth-order valence-corrected chi connectivity index (χ4v) is 2.75. The lowest BCUT2D eigenvalue weighted by Crippen LogP contribution is -2.16. The second-order valence-corrected chi connectivity index (χ2v) is 5.44. The van der Waals surface area contributed by atoms with Crippen LogP contribution in [-0.4, -0.2) is 30.4 Å². The molecule has 1 aromatic carbocycles. The van der Waals surface area contributed by atoms with Gasteiger partial charge in [0.25, 0.3) is 0 Å². The average molecular weight is 352 g/mol. The first-order valence-corrected chi connectivity index (χ1v) is 7.24. The van der Waals surface area contributed by atoms with Crippen LogP contribution in [0.1, 0.15) is 17.2 Å². The highest BCUT2D eigenvalue weighted by atomic mass is 79.9. The van der Waals surface area contributed by atoms with E-state index < -0.39 is 6.10 Å². The largest absolute Gasteiger partial charge is 0.495 e. The zero-order valence-electron chi connectivity index (χ0n) is 11.4. The molecule has 0 spiro atoms. The molecule has 1 aliphatic rings. The smallest absolute Gasteiger partial charge is 0.175 e. The predicted molar refractivity (Wildman–Crippen MR) is 80.0 cm³/mol. The summed E-state index contributed by atoms with van der Waals surface area (Å²) in [7, 11) is 1.56. The third-order valence-electron chi connectivity index (χ3n) is 3.22. The van der Waals surface area contributed by atoms with Crippen molar-refractivity contribution < 1.29 is 19.3 Å². The molecule has 2 aromatic rings. The molecule has 0 bridgehead atoms. The normalized spacial score (nSPS) is 14.6. The van der Waals surface area contributed by atoms with Gasteiger partial charge < -0.3 is 19.3 Å². The average Bonchev–Trinajstić information content (AvgIpc) is 2.54. The molecule has 0 amide bonds. The van der Waals surface area contributed by atoms with E-state index in [0.717, 1.165) is 4.47 Å². The van der Waals surface area contributed by atoms with E-state index in [2.05, 4.69) is 20.9 Å². The van der Waals surface area contributed by atoms with Gasteiger partial charge >= 0.3 is 0 Å². The second kappa shape index (κ2) is 5.91. The summed E-state index contributed by atoms with van der Waals surface area (Å²) in [6.07, 6.45) is 2.38. The Balaban J connectivity index is 1.97. The first kappa shape index (κ1) is 14.2. The van der Waals surface area contributed by atoms with Crippen LogP contribution in [0.2, 0.25) is 0 Å². The highest BCUT2D eigenvalue weighted by Gasteiger charge is 2.20.